The number of aromatic nitrogens is 1. The maximum Gasteiger partial charge on any atom is 0.410 e. The molecule has 0 fully saturated rings. The number of ether oxygens (including phenoxy) is 1. The molecule has 1 aromatic heterocycles. The molecule has 6 nitrogen and oxygen atoms in total. The van der Waals surface area contributed by atoms with Crippen molar-refractivity contribution < 1.29 is 14.7 Å². The third-order valence-corrected chi connectivity index (χ3v) is 2.46. The number of carbonyl (C=O) groups is 1. The highest BCUT2D eigenvalue weighted by Crippen LogP contribution is 2.11. The molecule has 0 aliphatic carbocycles. The van der Waals surface area contributed by atoms with Gasteiger partial charge in [0.25, 0.3) is 0 Å². The van der Waals surface area contributed by atoms with E-state index < -0.39 is 11.7 Å². The molecule has 0 aliphatic heterocycles. The van der Waals surface area contributed by atoms with Crippen molar-refractivity contribution in [3.8, 4) is 0 Å². The summed E-state index contributed by atoms with van der Waals surface area (Å²) in [6.45, 7) is 9.38. The van der Waals surface area contributed by atoms with Gasteiger partial charge in [-0.25, -0.2) is 4.79 Å². The van der Waals surface area contributed by atoms with Gasteiger partial charge in [0.05, 0.1) is 6.54 Å². The second kappa shape index (κ2) is 7.42. The largest absolute Gasteiger partial charge is 0.444 e. The fourth-order valence-corrected chi connectivity index (χ4v) is 1.58. The van der Waals surface area contributed by atoms with Gasteiger partial charge in [0.15, 0.2) is 0 Å². The van der Waals surface area contributed by atoms with Crippen LogP contribution in [0.1, 0.15) is 26.3 Å². The number of amides is 1. The predicted molar refractivity (Wildman–Crippen MR) is 80.6 cm³/mol. The first-order valence-corrected chi connectivity index (χ1v) is 6.57. The van der Waals surface area contributed by atoms with E-state index in [1.165, 1.54) is 4.90 Å². The van der Waals surface area contributed by atoms with Gasteiger partial charge in [-0.15, -0.1) is 6.58 Å². The highest BCUT2D eigenvalue weighted by Gasteiger charge is 2.23. The Kier molecular flexibility index (Phi) is 5.90. The lowest BCUT2D eigenvalue weighted by atomic mass is 10.1. The standard InChI is InChI=1S/C15H21N3O3/c1-5-9-18(14(19)21-15(2,3)4)11-13(17-20)12-7-6-8-16-10-12/h5-8,10,20H,1,9,11H2,2-4H3. The molecule has 21 heavy (non-hydrogen) atoms. The Morgan fingerprint density at radius 2 is 2.29 bits per heavy atom. The smallest absolute Gasteiger partial charge is 0.410 e. The second-order valence-corrected chi connectivity index (χ2v) is 5.44. The van der Waals surface area contributed by atoms with Crippen LogP contribution in [-0.2, 0) is 4.74 Å². The number of carbonyl (C=O) groups excluding carboxylic acids is 1. The fourth-order valence-electron chi connectivity index (χ4n) is 1.58. The minimum Gasteiger partial charge on any atom is -0.444 e. The predicted octanol–water partition coefficient (Wildman–Crippen LogP) is 2.68. The lowest BCUT2D eigenvalue weighted by Crippen LogP contribution is -2.40. The summed E-state index contributed by atoms with van der Waals surface area (Å²) in [6, 6.07) is 3.48. The molecule has 0 radical (unpaired) electrons. The van der Waals surface area contributed by atoms with Crippen LogP contribution in [0.5, 0.6) is 0 Å². The average Bonchev–Trinajstić information content (AvgIpc) is 2.42. The molecule has 0 saturated heterocycles. The highest BCUT2D eigenvalue weighted by atomic mass is 16.6. The zero-order chi connectivity index (χ0) is 15.9. The summed E-state index contributed by atoms with van der Waals surface area (Å²) >= 11 is 0. The monoisotopic (exact) mass is 291 g/mol. The zero-order valence-electron chi connectivity index (χ0n) is 12.6. The fraction of sp³-hybridized carbons (Fsp3) is 0.400. The van der Waals surface area contributed by atoms with Gasteiger partial charge in [-0.05, 0) is 32.9 Å². The number of nitrogens with zero attached hydrogens (tertiary/aromatic N) is 3. The van der Waals surface area contributed by atoms with Crippen LogP contribution >= 0.6 is 0 Å². The summed E-state index contributed by atoms with van der Waals surface area (Å²) in [5, 5.41) is 12.4. The minimum atomic E-state index is -0.596. The molecule has 0 spiro atoms. The van der Waals surface area contributed by atoms with Crippen molar-refractivity contribution >= 4 is 11.8 Å². The van der Waals surface area contributed by atoms with E-state index in [0.29, 0.717) is 11.3 Å². The third-order valence-electron chi connectivity index (χ3n) is 2.46. The molecule has 0 aromatic carbocycles. The molecule has 114 valence electrons. The first-order valence-electron chi connectivity index (χ1n) is 6.57. The van der Waals surface area contributed by atoms with E-state index in [1.807, 2.05) is 0 Å². The van der Waals surface area contributed by atoms with Gasteiger partial charge >= 0.3 is 6.09 Å². The van der Waals surface area contributed by atoms with Crippen molar-refractivity contribution in [2.45, 2.75) is 26.4 Å². The minimum absolute atomic E-state index is 0.100. The van der Waals surface area contributed by atoms with Crippen LogP contribution < -0.4 is 0 Å². The van der Waals surface area contributed by atoms with Gasteiger partial charge in [0.2, 0.25) is 0 Å². The molecule has 1 amide bonds. The van der Waals surface area contributed by atoms with Crippen LogP contribution in [0.3, 0.4) is 0 Å². The number of rotatable bonds is 5. The van der Waals surface area contributed by atoms with Crippen LogP contribution in [-0.4, -0.2) is 45.6 Å². The van der Waals surface area contributed by atoms with Gasteiger partial charge in [-0.2, -0.15) is 0 Å². The lowest BCUT2D eigenvalue weighted by molar-refractivity contribution is 0.0298. The van der Waals surface area contributed by atoms with Crippen molar-refractivity contribution in [2.24, 2.45) is 5.16 Å². The summed E-state index contributed by atoms with van der Waals surface area (Å²) < 4.78 is 5.32. The van der Waals surface area contributed by atoms with E-state index in [4.69, 9.17) is 9.94 Å². The van der Waals surface area contributed by atoms with Gasteiger partial charge in [-0.3, -0.25) is 9.88 Å². The second-order valence-electron chi connectivity index (χ2n) is 5.44. The molecule has 1 heterocycles. The number of pyridine rings is 1. The topological polar surface area (TPSA) is 75.0 Å². The molecule has 0 aliphatic rings. The van der Waals surface area contributed by atoms with Crippen molar-refractivity contribution in [3.05, 3.63) is 42.7 Å². The van der Waals surface area contributed by atoms with Gasteiger partial charge in [-0.1, -0.05) is 11.2 Å². The molecular weight excluding hydrogens is 270 g/mol. The first-order chi connectivity index (χ1) is 9.87. The van der Waals surface area contributed by atoms with E-state index in [9.17, 15) is 4.79 Å². The Balaban J connectivity index is 2.87. The Labute approximate surface area is 124 Å². The summed E-state index contributed by atoms with van der Waals surface area (Å²) in [5.74, 6) is 0. The van der Waals surface area contributed by atoms with Gasteiger partial charge in [0.1, 0.15) is 11.3 Å². The molecule has 1 aromatic rings. The zero-order valence-corrected chi connectivity index (χ0v) is 12.6. The third kappa shape index (κ3) is 5.64. The van der Waals surface area contributed by atoms with Gasteiger partial charge < -0.3 is 9.94 Å². The van der Waals surface area contributed by atoms with Crippen LogP contribution in [0.15, 0.2) is 42.3 Å². The average molecular weight is 291 g/mol. The highest BCUT2D eigenvalue weighted by molar-refractivity contribution is 6.02. The van der Waals surface area contributed by atoms with E-state index in [-0.39, 0.29) is 13.1 Å². The molecule has 0 unspecified atom stereocenters. The molecule has 0 bridgehead atoms. The van der Waals surface area contributed by atoms with Crippen LogP contribution in [0.25, 0.3) is 0 Å². The summed E-state index contributed by atoms with van der Waals surface area (Å²) in [6.07, 6.45) is 4.28. The van der Waals surface area contributed by atoms with Crippen molar-refractivity contribution in [2.75, 3.05) is 13.1 Å². The van der Waals surface area contributed by atoms with Crippen molar-refractivity contribution in [1.29, 1.82) is 0 Å². The quantitative estimate of drug-likeness (QED) is 0.392. The number of hydrogen-bond acceptors (Lipinski definition) is 5. The normalized spacial score (nSPS) is 11.9. The Bertz CT molecular complexity index is 507. The van der Waals surface area contributed by atoms with E-state index in [0.717, 1.165) is 0 Å². The maximum atomic E-state index is 12.1. The van der Waals surface area contributed by atoms with Crippen molar-refractivity contribution in [3.63, 3.8) is 0 Å². The Hall–Kier alpha value is -2.37. The summed E-state index contributed by atoms with van der Waals surface area (Å²) in [4.78, 5) is 17.5. The molecule has 1 N–H and O–H groups in total. The SMILES string of the molecule is C=CCN(CC(=NO)c1cccnc1)C(=O)OC(C)(C)C. The molecular formula is C15H21N3O3. The lowest BCUT2D eigenvalue weighted by Gasteiger charge is -2.26. The van der Waals surface area contributed by atoms with E-state index >= 15 is 0 Å². The summed E-state index contributed by atoms with van der Waals surface area (Å²) in [7, 11) is 0. The molecule has 1 rings (SSSR count). The van der Waals surface area contributed by atoms with E-state index in [2.05, 4.69) is 16.7 Å². The molecule has 0 saturated carbocycles. The summed E-state index contributed by atoms with van der Waals surface area (Å²) in [5.41, 5.74) is 0.370. The van der Waals surface area contributed by atoms with Crippen LogP contribution in [0.2, 0.25) is 0 Å². The number of oxime groups is 1. The van der Waals surface area contributed by atoms with Gasteiger partial charge in [0, 0.05) is 24.5 Å². The maximum absolute atomic E-state index is 12.1. The first kappa shape index (κ1) is 16.7. The van der Waals surface area contributed by atoms with Crippen LogP contribution in [0, 0.1) is 0 Å². The number of hydrogen-bond donors (Lipinski definition) is 1. The Morgan fingerprint density at radius 1 is 1.57 bits per heavy atom. The molecule has 6 heteroatoms. The molecule has 0 atom stereocenters. The van der Waals surface area contributed by atoms with Crippen LogP contribution in [0.4, 0.5) is 4.79 Å². The van der Waals surface area contributed by atoms with E-state index in [1.54, 1.807) is 51.4 Å². The van der Waals surface area contributed by atoms with Crippen molar-refractivity contribution in [1.82, 2.24) is 9.88 Å². The Morgan fingerprint density at radius 3 is 2.76 bits per heavy atom.